The second-order valence-corrected chi connectivity index (χ2v) is 13.5. The Hall–Kier alpha value is -4.15. The van der Waals surface area contributed by atoms with Gasteiger partial charge in [-0.25, -0.2) is 8.42 Å². The fourth-order valence-electron chi connectivity index (χ4n) is 4.84. The number of amides is 2. The number of halogens is 1. The summed E-state index contributed by atoms with van der Waals surface area (Å²) in [6.45, 7) is 3.43. The molecule has 2 atom stereocenters. The summed E-state index contributed by atoms with van der Waals surface area (Å²) in [5, 5.41) is 3.05. The molecule has 0 radical (unpaired) electrons. The summed E-state index contributed by atoms with van der Waals surface area (Å²) in [6, 6.07) is 30.5. The molecule has 0 aliphatic heterocycles. The lowest BCUT2D eigenvalue weighted by molar-refractivity contribution is -0.140. The average Bonchev–Trinajstić information content (AvgIpc) is 3.05. The van der Waals surface area contributed by atoms with Gasteiger partial charge in [0.1, 0.15) is 18.3 Å². The number of hydrogen-bond donors (Lipinski definition) is 1. The summed E-state index contributed by atoms with van der Waals surface area (Å²) in [7, 11) is -2.70. The third-order valence-electron chi connectivity index (χ3n) is 7.47. The minimum atomic E-state index is -4.19. The van der Waals surface area contributed by atoms with Crippen LogP contribution in [0, 0.1) is 0 Å². The highest BCUT2D eigenvalue weighted by Crippen LogP contribution is 2.28. The van der Waals surface area contributed by atoms with Crippen LogP contribution >= 0.6 is 15.9 Å². The smallest absolute Gasteiger partial charge is 0.264 e. The van der Waals surface area contributed by atoms with Crippen LogP contribution in [0.1, 0.15) is 31.4 Å². The lowest BCUT2D eigenvalue weighted by Crippen LogP contribution is -2.54. The van der Waals surface area contributed by atoms with E-state index >= 15 is 0 Å². The predicted molar refractivity (Wildman–Crippen MR) is 180 cm³/mol. The van der Waals surface area contributed by atoms with E-state index in [0.717, 1.165) is 19.9 Å². The number of ether oxygens (including phenoxy) is 1. The average molecular weight is 693 g/mol. The minimum Gasteiger partial charge on any atom is -0.497 e. The molecule has 45 heavy (non-hydrogen) atoms. The van der Waals surface area contributed by atoms with Crippen LogP contribution in [0.5, 0.6) is 5.75 Å². The van der Waals surface area contributed by atoms with E-state index < -0.39 is 28.5 Å². The van der Waals surface area contributed by atoms with Crippen LogP contribution in [0.4, 0.5) is 5.69 Å². The molecule has 0 unspecified atom stereocenters. The molecular formula is C35H38BrN3O5S. The molecule has 0 saturated carbocycles. The Labute approximate surface area is 274 Å². The zero-order chi connectivity index (χ0) is 32.4. The summed E-state index contributed by atoms with van der Waals surface area (Å²) in [6.07, 6.45) is 0.954. The molecular weight excluding hydrogens is 654 g/mol. The van der Waals surface area contributed by atoms with Gasteiger partial charge in [0.15, 0.2) is 0 Å². The Balaban J connectivity index is 1.81. The van der Waals surface area contributed by atoms with Crippen LogP contribution in [0.2, 0.25) is 0 Å². The Kier molecular flexibility index (Phi) is 11.8. The fraction of sp³-hybridized carbons (Fsp3) is 0.257. The molecule has 10 heteroatoms. The van der Waals surface area contributed by atoms with Crippen molar-refractivity contribution in [3.63, 3.8) is 0 Å². The number of sulfonamides is 1. The second kappa shape index (κ2) is 15.7. The first-order valence-electron chi connectivity index (χ1n) is 14.7. The number of rotatable bonds is 14. The van der Waals surface area contributed by atoms with E-state index in [2.05, 4.69) is 21.2 Å². The molecule has 0 aliphatic rings. The molecule has 8 nitrogen and oxygen atoms in total. The molecule has 4 aromatic carbocycles. The summed E-state index contributed by atoms with van der Waals surface area (Å²) < 4.78 is 35.5. The van der Waals surface area contributed by atoms with Crippen LogP contribution < -0.4 is 14.4 Å². The molecule has 1 N–H and O–H groups in total. The fourth-order valence-corrected chi connectivity index (χ4v) is 6.71. The van der Waals surface area contributed by atoms with Gasteiger partial charge in [-0.1, -0.05) is 89.6 Å². The van der Waals surface area contributed by atoms with Gasteiger partial charge in [-0.05, 0) is 60.9 Å². The minimum absolute atomic E-state index is 0.0366. The van der Waals surface area contributed by atoms with Crippen molar-refractivity contribution < 1.29 is 22.7 Å². The van der Waals surface area contributed by atoms with Gasteiger partial charge in [0.2, 0.25) is 11.8 Å². The van der Waals surface area contributed by atoms with Crippen molar-refractivity contribution in [1.82, 2.24) is 10.2 Å². The third kappa shape index (κ3) is 8.95. The molecule has 0 fully saturated rings. The van der Waals surface area contributed by atoms with Crippen LogP contribution in [0.3, 0.4) is 0 Å². The molecule has 0 heterocycles. The maximum Gasteiger partial charge on any atom is 0.264 e. The monoisotopic (exact) mass is 691 g/mol. The first kappa shape index (κ1) is 33.7. The van der Waals surface area contributed by atoms with E-state index in [1.165, 1.54) is 24.1 Å². The zero-order valence-electron chi connectivity index (χ0n) is 25.6. The van der Waals surface area contributed by atoms with Gasteiger partial charge in [0.05, 0.1) is 17.7 Å². The van der Waals surface area contributed by atoms with Crippen LogP contribution in [-0.4, -0.2) is 50.9 Å². The number of methoxy groups -OCH3 is 1. The van der Waals surface area contributed by atoms with Crippen LogP contribution in [-0.2, 0) is 32.6 Å². The summed E-state index contributed by atoms with van der Waals surface area (Å²) in [4.78, 5) is 30.0. The molecule has 4 aromatic rings. The summed E-state index contributed by atoms with van der Waals surface area (Å²) >= 11 is 3.51. The normalized spacial score (nSPS) is 12.5. The van der Waals surface area contributed by atoms with Crippen molar-refractivity contribution in [2.24, 2.45) is 0 Å². The highest BCUT2D eigenvalue weighted by Gasteiger charge is 2.35. The standard InChI is InChI=1S/C35H38BrN3O5S/c1-4-26(2)37-35(41)33(22-27-13-7-5-8-14-27)38(24-28-15-11-16-29(36)21-28)34(40)25-39(30-17-12-18-31(23-30)44-3)45(42,43)32-19-9-6-10-20-32/h5-21,23,26,33H,4,22,24-25H2,1-3H3,(H,37,41)/t26-,33+/m0/s1. The molecule has 0 aromatic heterocycles. The van der Waals surface area contributed by atoms with E-state index in [-0.39, 0.29) is 35.5 Å². The largest absolute Gasteiger partial charge is 0.497 e. The Morgan fingerprint density at radius 3 is 2.16 bits per heavy atom. The van der Waals surface area contributed by atoms with E-state index in [4.69, 9.17) is 4.74 Å². The van der Waals surface area contributed by atoms with Crippen molar-refractivity contribution in [2.75, 3.05) is 18.0 Å². The summed E-state index contributed by atoms with van der Waals surface area (Å²) in [5.74, 6) is -0.401. The zero-order valence-corrected chi connectivity index (χ0v) is 28.0. The first-order chi connectivity index (χ1) is 21.6. The van der Waals surface area contributed by atoms with Gasteiger partial charge in [-0.2, -0.15) is 0 Å². The predicted octanol–water partition coefficient (Wildman–Crippen LogP) is 6.21. The van der Waals surface area contributed by atoms with Crippen LogP contribution in [0.15, 0.2) is 119 Å². The number of hydrogen-bond acceptors (Lipinski definition) is 5. The molecule has 0 aliphatic carbocycles. The van der Waals surface area contributed by atoms with Crippen molar-refractivity contribution in [2.45, 2.75) is 50.2 Å². The van der Waals surface area contributed by atoms with E-state index in [9.17, 15) is 18.0 Å². The molecule has 2 amide bonds. The maximum absolute atomic E-state index is 14.5. The highest BCUT2D eigenvalue weighted by molar-refractivity contribution is 9.10. The number of carbonyl (C=O) groups is 2. The number of anilines is 1. The van der Waals surface area contributed by atoms with Gasteiger partial charge in [0.25, 0.3) is 10.0 Å². The Bertz CT molecular complexity index is 1690. The second-order valence-electron chi connectivity index (χ2n) is 10.7. The van der Waals surface area contributed by atoms with Crippen molar-refractivity contribution in [3.05, 3.63) is 125 Å². The number of nitrogens with one attached hydrogen (secondary N) is 1. The van der Waals surface area contributed by atoms with Crippen molar-refractivity contribution in [1.29, 1.82) is 0 Å². The molecule has 0 bridgehead atoms. The summed E-state index contributed by atoms with van der Waals surface area (Å²) in [5.41, 5.74) is 1.92. The van der Waals surface area contributed by atoms with E-state index in [0.29, 0.717) is 12.2 Å². The third-order valence-corrected chi connectivity index (χ3v) is 9.75. The number of nitrogens with zero attached hydrogens (tertiary/aromatic N) is 2. The number of carbonyl (C=O) groups excluding carboxylic acids is 2. The van der Waals surface area contributed by atoms with Gasteiger partial charge >= 0.3 is 0 Å². The quantitative estimate of drug-likeness (QED) is 0.170. The lowest BCUT2D eigenvalue weighted by atomic mass is 10.0. The van der Waals surface area contributed by atoms with E-state index in [1.54, 1.807) is 42.5 Å². The molecule has 4 rings (SSSR count). The SMILES string of the molecule is CC[C@H](C)NC(=O)[C@@H](Cc1ccccc1)N(Cc1cccc(Br)c1)C(=O)CN(c1cccc(OC)c1)S(=O)(=O)c1ccccc1. The van der Waals surface area contributed by atoms with Crippen molar-refractivity contribution >= 4 is 43.5 Å². The highest BCUT2D eigenvalue weighted by atomic mass is 79.9. The van der Waals surface area contributed by atoms with Crippen molar-refractivity contribution in [3.8, 4) is 5.75 Å². The maximum atomic E-state index is 14.5. The molecule has 236 valence electrons. The van der Waals surface area contributed by atoms with Gasteiger partial charge in [-0.3, -0.25) is 13.9 Å². The van der Waals surface area contributed by atoms with Gasteiger partial charge in [0, 0.05) is 29.5 Å². The lowest BCUT2D eigenvalue weighted by Gasteiger charge is -2.34. The van der Waals surface area contributed by atoms with E-state index in [1.807, 2.05) is 68.4 Å². The van der Waals surface area contributed by atoms with Crippen LogP contribution in [0.25, 0.3) is 0 Å². The Morgan fingerprint density at radius 2 is 1.51 bits per heavy atom. The molecule has 0 saturated heterocycles. The number of benzene rings is 4. The first-order valence-corrected chi connectivity index (χ1v) is 17.0. The van der Waals surface area contributed by atoms with Gasteiger partial charge < -0.3 is 15.0 Å². The molecule has 0 spiro atoms. The van der Waals surface area contributed by atoms with Gasteiger partial charge in [-0.15, -0.1) is 0 Å². The topological polar surface area (TPSA) is 96.0 Å². The Morgan fingerprint density at radius 1 is 0.867 bits per heavy atom.